The molecule has 4 saturated heterocycles. The van der Waals surface area contributed by atoms with Crippen LogP contribution in [0.3, 0.4) is 0 Å². The lowest BCUT2D eigenvalue weighted by molar-refractivity contribution is -0.151. The summed E-state index contributed by atoms with van der Waals surface area (Å²) in [6.45, 7) is 5.11. The highest BCUT2D eigenvalue weighted by Crippen LogP contribution is 2.45. The van der Waals surface area contributed by atoms with Crippen LogP contribution >= 0.6 is 11.6 Å². The molecule has 8 nitrogen and oxygen atoms in total. The molecule has 45 heavy (non-hydrogen) atoms. The van der Waals surface area contributed by atoms with E-state index in [0.717, 1.165) is 38.6 Å². The molecule has 3 atom stereocenters. The number of fused-ring (bicyclic) bond motifs is 3. The number of halogens is 4. The summed E-state index contributed by atoms with van der Waals surface area (Å²) in [4.78, 5) is 13.5. The zero-order valence-corrected chi connectivity index (χ0v) is 25.8. The number of hydrogen-bond donors (Lipinski definition) is 1. The molecule has 8 rings (SSSR count). The number of piperidine rings is 1. The Hall–Kier alpha value is -3.41. The van der Waals surface area contributed by atoms with Crippen molar-refractivity contribution < 1.29 is 22.6 Å². The number of hydrogen-bond acceptors (Lipinski definition) is 7. The maximum Gasteiger partial charge on any atom is 0.319 e. The minimum Gasteiger partial charge on any atom is -0.461 e. The lowest BCUT2D eigenvalue weighted by atomic mass is 9.85. The van der Waals surface area contributed by atoms with Gasteiger partial charge in [0.15, 0.2) is 5.82 Å². The van der Waals surface area contributed by atoms with Crippen LogP contribution in [0.2, 0.25) is 5.02 Å². The number of benzene rings is 2. The normalized spacial score (nSPS) is 26.9. The molecular formula is C33H34ClF3N6O2. The molecule has 4 aliphatic rings. The molecule has 4 aromatic rings. The summed E-state index contributed by atoms with van der Waals surface area (Å²) in [7, 11) is 0. The van der Waals surface area contributed by atoms with Crippen molar-refractivity contribution in [1.82, 2.24) is 25.1 Å². The van der Waals surface area contributed by atoms with Crippen LogP contribution in [-0.2, 0) is 4.74 Å². The van der Waals surface area contributed by atoms with Gasteiger partial charge in [-0.3, -0.25) is 10.00 Å². The Morgan fingerprint density at radius 2 is 1.98 bits per heavy atom. The lowest BCUT2D eigenvalue weighted by Gasteiger charge is -2.48. The van der Waals surface area contributed by atoms with Crippen LogP contribution in [0.15, 0.2) is 24.4 Å². The number of nitrogens with zero attached hydrogens (tertiary/aromatic N) is 5. The third-order valence-electron chi connectivity index (χ3n) is 10.2. The minimum atomic E-state index is -0.916. The van der Waals surface area contributed by atoms with Crippen LogP contribution in [-0.4, -0.2) is 81.8 Å². The summed E-state index contributed by atoms with van der Waals surface area (Å²) in [6.07, 6.45) is 8.98. The van der Waals surface area contributed by atoms with E-state index in [-0.39, 0.29) is 40.2 Å². The zero-order valence-electron chi connectivity index (χ0n) is 25.0. The zero-order chi connectivity index (χ0) is 30.9. The molecule has 6 heterocycles. The van der Waals surface area contributed by atoms with Crippen LogP contribution in [0, 0.1) is 11.6 Å². The number of aromatic amines is 1. The van der Waals surface area contributed by atoms with Crippen LogP contribution in [0.4, 0.5) is 19.0 Å². The van der Waals surface area contributed by atoms with Gasteiger partial charge >= 0.3 is 6.01 Å². The standard InChI is InChI=1S/C33H34ClF3N6O2/c1-2-5-20-23(34)13-25-22(15-38-41-25)26(20)27-24(36)12-21-29(28(27)37)39-31(44-18-32-6-3-10-43(32)16-19(35)14-32)40-30(21)42-9-4-7-33(17-42)8-11-45-33/h2,5,12-13,15,19H,3-4,6-11,14,16-18H2,1H3,(H,38,41)/b5-2-/t19-,32+,33+/m1/s1. The minimum absolute atomic E-state index is 0.0140. The molecule has 236 valence electrons. The van der Waals surface area contributed by atoms with E-state index in [9.17, 15) is 4.39 Å². The highest BCUT2D eigenvalue weighted by atomic mass is 35.5. The fourth-order valence-electron chi connectivity index (χ4n) is 8.01. The summed E-state index contributed by atoms with van der Waals surface area (Å²) in [5.74, 6) is -1.20. The van der Waals surface area contributed by atoms with Crippen LogP contribution in [0.25, 0.3) is 39.0 Å². The second-order valence-electron chi connectivity index (χ2n) is 12.9. The van der Waals surface area contributed by atoms with Gasteiger partial charge in [-0.15, -0.1) is 0 Å². The number of rotatable bonds is 6. The smallest absolute Gasteiger partial charge is 0.319 e. The molecule has 4 fully saturated rings. The monoisotopic (exact) mass is 638 g/mol. The first-order chi connectivity index (χ1) is 21.8. The summed E-state index contributed by atoms with van der Waals surface area (Å²) in [6, 6.07) is 2.99. The molecule has 1 N–H and O–H groups in total. The van der Waals surface area contributed by atoms with Gasteiger partial charge in [-0.05, 0) is 51.3 Å². The summed E-state index contributed by atoms with van der Waals surface area (Å²) in [5.41, 5.74) is 0.271. The van der Waals surface area contributed by atoms with Gasteiger partial charge in [-0.1, -0.05) is 23.8 Å². The molecule has 0 unspecified atom stereocenters. The number of aromatic nitrogens is 4. The summed E-state index contributed by atoms with van der Waals surface area (Å²) < 4.78 is 60.1. The average molecular weight is 639 g/mol. The van der Waals surface area contributed by atoms with Gasteiger partial charge in [0.1, 0.15) is 29.9 Å². The molecule has 12 heteroatoms. The van der Waals surface area contributed by atoms with Crippen LogP contribution in [0.5, 0.6) is 6.01 Å². The van der Waals surface area contributed by atoms with E-state index >= 15 is 8.78 Å². The topological polar surface area (TPSA) is 79.4 Å². The molecule has 0 bridgehead atoms. The Kier molecular flexibility index (Phi) is 6.99. The lowest BCUT2D eigenvalue weighted by Crippen LogP contribution is -2.56. The fraction of sp³-hybridized carbons (Fsp3) is 0.485. The number of ether oxygens (including phenoxy) is 2. The van der Waals surface area contributed by atoms with E-state index < -0.39 is 23.3 Å². The third kappa shape index (κ3) is 4.68. The third-order valence-corrected chi connectivity index (χ3v) is 10.5. The number of allylic oxidation sites excluding steroid dienone is 1. The predicted molar refractivity (Wildman–Crippen MR) is 168 cm³/mol. The van der Waals surface area contributed by atoms with Crippen molar-refractivity contribution in [2.75, 3.05) is 44.3 Å². The average Bonchev–Trinajstić information content (AvgIpc) is 3.71. The van der Waals surface area contributed by atoms with Gasteiger partial charge in [0.25, 0.3) is 0 Å². The second kappa shape index (κ2) is 10.8. The number of anilines is 1. The predicted octanol–water partition coefficient (Wildman–Crippen LogP) is 6.85. The van der Waals surface area contributed by atoms with Crippen molar-refractivity contribution in [3.05, 3.63) is 46.6 Å². The maximum atomic E-state index is 17.0. The van der Waals surface area contributed by atoms with Gasteiger partial charge in [0, 0.05) is 54.4 Å². The molecular weight excluding hydrogens is 605 g/mol. The van der Waals surface area contributed by atoms with Crippen molar-refractivity contribution >= 4 is 45.3 Å². The highest BCUT2D eigenvalue weighted by Gasteiger charge is 2.49. The molecule has 2 aromatic heterocycles. The summed E-state index contributed by atoms with van der Waals surface area (Å²) >= 11 is 6.63. The van der Waals surface area contributed by atoms with E-state index in [1.807, 2.05) is 11.8 Å². The molecule has 0 radical (unpaired) electrons. The first-order valence-corrected chi connectivity index (χ1v) is 16.1. The number of nitrogens with one attached hydrogen (secondary N) is 1. The molecule has 2 aromatic carbocycles. The number of alkyl halides is 1. The van der Waals surface area contributed by atoms with Crippen LogP contribution in [0.1, 0.15) is 51.0 Å². The van der Waals surface area contributed by atoms with Crippen molar-refractivity contribution in [2.24, 2.45) is 0 Å². The van der Waals surface area contributed by atoms with Crippen molar-refractivity contribution in [1.29, 1.82) is 0 Å². The molecule has 0 amide bonds. The quantitative estimate of drug-likeness (QED) is 0.247. The van der Waals surface area contributed by atoms with Crippen molar-refractivity contribution in [3.8, 4) is 17.1 Å². The fourth-order valence-corrected chi connectivity index (χ4v) is 8.27. The Bertz CT molecular complexity index is 1840. The molecule has 1 spiro atoms. The van der Waals surface area contributed by atoms with Crippen molar-refractivity contribution in [3.63, 3.8) is 0 Å². The Balaban J connectivity index is 1.30. The highest BCUT2D eigenvalue weighted by molar-refractivity contribution is 6.34. The molecule has 4 aliphatic heterocycles. The maximum absolute atomic E-state index is 17.0. The molecule has 0 aliphatic carbocycles. The summed E-state index contributed by atoms with van der Waals surface area (Å²) in [5, 5.41) is 8.08. The SMILES string of the molecule is C/C=C\c1c(Cl)cc2[nH]ncc2c1-c1c(F)cc2c(N3CCC[C@]4(CCO4)C3)nc(OC[C@@]34CCCN3C[C@H](F)C4)nc2c1F. The van der Waals surface area contributed by atoms with E-state index in [1.165, 1.54) is 12.3 Å². The first-order valence-electron chi connectivity index (χ1n) is 15.7. The van der Waals surface area contributed by atoms with Crippen molar-refractivity contribution in [2.45, 2.75) is 62.8 Å². The van der Waals surface area contributed by atoms with E-state index in [0.29, 0.717) is 60.0 Å². The number of H-pyrrole nitrogens is 1. The van der Waals surface area contributed by atoms with Gasteiger partial charge in [-0.25, -0.2) is 13.2 Å². The van der Waals surface area contributed by atoms with E-state index in [1.54, 1.807) is 18.2 Å². The van der Waals surface area contributed by atoms with Gasteiger partial charge in [0.2, 0.25) is 0 Å². The van der Waals surface area contributed by atoms with Crippen LogP contribution < -0.4 is 9.64 Å². The largest absolute Gasteiger partial charge is 0.461 e. The van der Waals surface area contributed by atoms with E-state index in [2.05, 4.69) is 20.1 Å². The Morgan fingerprint density at radius 1 is 1.13 bits per heavy atom. The Labute approximate surface area is 263 Å². The van der Waals surface area contributed by atoms with E-state index in [4.69, 9.17) is 26.1 Å². The van der Waals surface area contributed by atoms with Gasteiger partial charge < -0.3 is 14.4 Å². The Morgan fingerprint density at radius 3 is 2.78 bits per heavy atom. The molecule has 0 saturated carbocycles. The first kappa shape index (κ1) is 29.0. The van der Waals surface area contributed by atoms with Gasteiger partial charge in [0.05, 0.1) is 40.0 Å². The second-order valence-corrected chi connectivity index (χ2v) is 13.3. The van der Waals surface area contributed by atoms with Gasteiger partial charge in [-0.2, -0.15) is 15.1 Å².